The smallest absolute Gasteiger partial charge is 0.302 e. The van der Waals surface area contributed by atoms with Crippen LogP contribution in [0.4, 0.5) is 0 Å². The zero-order valence-electron chi connectivity index (χ0n) is 18.3. The first-order valence-corrected chi connectivity index (χ1v) is 11.7. The fraction of sp³-hybridized carbons (Fsp3) is 0.727. The van der Waals surface area contributed by atoms with Gasteiger partial charge in [0.1, 0.15) is 0 Å². The van der Waals surface area contributed by atoms with E-state index in [-0.39, 0.29) is 24.0 Å². The van der Waals surface area contributed by atoms with E-state index in [2.05, 4.69) is 59.7 Å². The average molecular weight is 399 g/mol. The number of phosphoric ester groups is 1. The lowest BCUT2D eigenvalue weighted by atomic mass is 9.74. The van der Waals surface area contributed by atoms with Crippen molar-refractivity contribution in [1.29, 1.82) is 0 Å². The molecule has 0 radical (unpaired) electrons. The predicted molar refractivity (Wildman–Crippen MR) is 113 cm³/mol. The Bertz CT molecular complexity index is 637. The van der Waals surface area contributed by atoms with Gasteiger partial charge in [0.15, 0.2) is 0 Å². The molecular weight excluding hydrogens is 359 g/mol. The minimum absolute atomic E-state index is 0.0898. The van der Waals surface area contributed by atoms with Gasteiger partial charge in [-0.1, -0.05) is 66.7 Å². The van der Waals surface area contributed by atoms with Crippen LogP contribution in [0.15, 0.2) is 18.2 Å². The van der Waals surface area contributed by atoms with Gasteiger partial charge in [-0.3, -0.25) is 9.05 Å². The van der Waals surface area contributed by atoms with Crippen LogP contribution in [-0.4, -0.2) is 18.1 Å². The molecule has 5 heteroatoms. The van der Waals surface area contributed by atoms with E-state index in [1.807, 2.05) is 6.92 Å². The monoisotopic (exact) mass is 398 g/mol. The zero-order valence-corrected chi connectivity index (χ0v) is 19.2. The SMILES string of the molecule is CCCOP(=O)(O)OCCCc1ccc(C(C)(C)CC)cc1C(C)(C)CC. The highest BCUT2D eigenvalue weighted by molar-refractivity contribution is 7.47. The van der Waals surface area contributed by atoms with Crippen LogP contribution >= 0.6 is 7.82 Å². The molecule has 1 rings (SSSR count). The Labute approximate surface area is 166 Å². The van der Waals surface area contributed by atoms with Crippen molar-refractivity contribution < 1.29 is 18.5 Å². The number of hydrogen-bond acceptors (Lipinski definition) is 3. The Kier molecular flexibility index (Phi) is 9.21. The number of hydrogen-bond donors (Lipinski definition) is 1. The second-order valence-corrected chi connectivity index (χ2v) is 10.0. The molecule has 1 aromatic carbocycles. The second-order valence-electron chi connectivity index (χ2n) is 8.59. The van der Waals surface area contributed by atoms with Crippen LogP contribution in [-0.2, 0) is 30.9 Å². The molecule has 156 valence electrons. The van der Waals surface area contributed by atoms with Gasteiger partial charge in [-0.15, -0.1) is 0 Å². The lowest BCUT2D eigenvalue weighted by Gasteiger charge is -2.31. The summed E-state index contributed by atoms with van der Waals surface area (Å²) in [5, 5.41) is 0. The van der Waals surface area contributed by atoms with Crippen LogP contribution < -0.4 is 0 Å². The van der Waals surface area contributed by atoms with E-state index in [0.717, 1.165) is 19.3 Å². The minimum Gasteiger partial charge on any atom is -0.302 e. The van der Waals surface area contributed by atoms with Gasteiger partial charge in [0.05, 0.1) is 13.2 Å². The fourth-order valence-corrected chi connectivity index (χ4v) is 3.77. The van der Waals surface area contributed by atoms with Crippen LogP contribution in [0.2, 0.25) is 0 Å². The number of aryl methyl sites for hydroxylation is 1. The van der Waals surface area contributed by atoms with E-state index in [1.54, 1.807) is 0 Å². The lowest BCUT2D eigenvalue weighted by molar-refractivity contribution is 0.148. The van der Waals surface area contributed by atoms with Crippen molar-refractivity contribution in [1.82, 2.24) is 0 Å². The highest BCUT2D eigenvalue weighted by Crippen LogP contribution is 2.43. The minimum atomic E-state index is -3.91. The second kappa shape index (κ2) is 10.2. The Morgan fingerprint density at radius 2 is 1.56 bits per heavy atom. The molecule has 0 aliphatic carbocycles. The molecule has 27 heavy (non-hydrogen) atoms. The van der Waals surface area contributed by atoms with Gasteiger partial charge in [-0.05, 0) is 59.6 Å². The van der Waals surface area contributed by atoms with Crippen LogP contribution in [0.3, 0.4) is 0 Å². The molecule has 0 amide bonds. The Morgan fingerprint density at radius 3 is 2.11 bits per heavy atom. The third-order valence-corrected chi connectivity index (χ3v) is 6.71. The van der Waals surface area contributed by atoms with Crippen molar-refractivity contribution in [2.45, 2.75) is 91.4 Å². The molecule has 0 saturated carbocycles. The summed E-state index contributed by atoms with van der Waals surface area (Å²) in [5.74, 6) is 0. The van der Waals surface area contributed by atoms with Crippen LogP contribution in [0.25, 0.3) is 0 Å². The molecule has 0 aliphatic rings. The molecule has 1 atom stereocenters. The van der Waals surface area contributed by atoms with Gasteiger partial charge in [0, 0.05) is 0 Å². The molecule has 1 N–H and O–H groups in total. The van der Waals surface area contributed by atoms with Gasteiger partial charge in [0.2, 0.25) is 0 Å². The van der Waals surface area contributed by atoms with Gasteiger partial charge in [-0.25, -0.2) is 4.57 Å². The largest absolute Gasteiger partial charge is 0.472 e. The van der Waals surface area contributed by atoms with E-state index in [0.29, 0.717) is 12.8 Å². The summed E-state index contributed by atoms with van der Waals surface area (Å²) in [6.45, 7) is 15.9. The van der Waals surface area contributed by atoms with Crippen molar-refractivity contribution in [2.75, 3.05) is 13.2 Å². The van der Waals surface area contributed by atoms with Crippen molar-refractivity contribution in [3.63, 3.8) is 0 Å². The summed E-state index contributed by atoms with van der Waals surface area (Å²) in [6.07, 6.45) is 4.34. The first-order chi connectivity index (χ1) is 12.5. The first-order valence-electron chi connectivity index (χ1n) is 10.2. The maximum Gasteiger partial charge on any atom is 0.472 e. The van der Waals surface area contributed by atoms with E-state index in [4.69, 9.17) is 9.05 Å². The van der Waals surface area contributed by atoms with Crippen molar-refractivity contribution >= 4 is 7.82 Å². The van der Waals surface area contributed by atoms with Gasteiger partial charge in [0.25, 0.3) is 0 Å². The standard InChI is InChI=1S/C22H39O4P/c1-8-15-25-27(23,24)26-16-11-12-18-13-14-19(21(4,5)9-2)17-20(18)22(6,7)10-3/h13-14,17H,8-12,15-16H2,1-7H3,(H,23,24). The number of benzene rings is 1. The van der Waals surface area contributed by atoms with Crippen molar-refractivity contribution in [3.8, 4) is 0 Å². The van der Waals surface area contributed by atoms with Crippen LogP contribution in [0.1, 0.15) is 90.8 Å². The molecule has 4 nitrogen and oxygen atoms in total. The molecule has 0 saturated heterocycles. The summed E-state index contributed by atoms with van der Waals surface area (Å²) >= 11 is 0. The van der Waals surface area contributed by atoms with E-state index in [1.165, 1.54) is 16.7 Å². The van der Waals surface area contributed by atoms with Crippen molar-refractivity contribution in [3.05, 3.63) is 34.9 Å². The molecule has 1 unspecified atom stereocenters. The van der Waals surface area contributed by atoms with E-state index >= 15 is 0 Å². The Balaban J connectivity index is 2.89. The molecule has 0 heterocycles. The topological polar surface area (TPSA) is 55.8 Å². The summed E-state index contributed by atoms with van der Waals surface area (Å²) in [6, 6.07) is 6.83. The quantitative estimate of drug-likeness (QED) is 0.321. The average Bonchev–Trinajstić information content (AvgIpc) is 2.63. The molecule has 0 aromatic heterocycles. The highest BCUT2D eigenvalue weighted by Gasteiger charge is 2.26. The third kappa shape index (κ3) is 7.34. The summed E-state index contributed by atoms with van der Waals surface area (Å²) in [7, 11) is -3.91. The number of phosphoric acid groups is 1. The number of rotatable bonds is 12. The normalized spacial score (nSPS) is 15.0. The maximum absolute atomic E-state index is 11.8. The Hall–Kier alpha value is -0.670. The lowest BCUT2D eigenvalue weighted by Crippen LogP contribution is -2.22. The maximum atomic E-state index is 11.8. The highest BCUT2D eigenvalue weighted by atomic mass is 31.2. The van der Waals surface area contributed by atoms with Crippen LogP contribution in [0.5, 0.6) is 0 Å². The van der Waals surface area contributed by atoms with Gasteiger partial charge >= 0.3 is 7.82 Å². The van der Waals surface area contributed by atoms with Gasteiger partial charge in [-0.2, -0.15) is 0 Å². The van der Waals surface area contributed by atoms with Crippen LogP contribution in [0, 0.1) is 0 Å². The molecular formula is C22H39O4P. The Morgan fingerprint density at radius 1 is 0.963 bits per heavy atom. The van der Waals surface area contributed by atoms with Crippen molar-refractivity contribution in [2.24, 2.45) is 0 Å². The summed E-state index contributed by atoms with van der Waals surface area (Å²) in [5.41, 5.74) is 4.28. The third-order valence-electron chi connectivity index (χ3n) is 5.69. The van der Waals surface area contributed by atoms with E-state index in [9.17, 15) is 9.46 Å². The predicted octanol–water partition coefficient (Wildman–Crippen LogP) is 6.54. The molecule has 0 spiro atoms. The molecule has 0 fully saturated rings. The first kappa shape index (κ1) is 24.4. The molecule has 1 aromatic rings. The van der Waals surface area contributed by atoms with E-state index < -0.39 is 7.82 Å². The zero-order chi connectivity index (χ0) is 20.7. The molecule has 0 aliphatic heterocycles. The van der Waals surface area contributed by atoms with Gasteiger partial charge < -0.3 is 4.89 Å². The fourth-order valence-electron chi connectivity index (χ4n) is 2.93. The molecule has 0 bridgehead atoms. The summed E-state index contributed by atoms with van der Waals surface area (Å²) < 4.78 is 21.7. The summed E-state index contributed by atoms with van der Waals surface area (Å²) in [4.78, 5) is 9.63.